The summed E-state index contributed by atoms with van der Waals surface area (Å²) >= 11 is 0. The molecule has 118 valence electrons. The summed E-state index contributed by atoms with van der Waals surface area (Å²) in [4.78, 5) is 9.07. The third kappa shape index (κ3) is 4.30. The molecule has 0 bridgehead atoms. The average molecular weight is 292 g/mol. The van der Waals surface area contributed by atoms with Gasteiger partial charge in [-0.2, -0.15) is 0 Å². The van der Waals surface area contributed by atoms with E-state index in [9.17, 15) is 5.11 Å². The van der Waals surface area contributed by atoms with E-state index in [0.717, 1.165) is 30.4 Å². The molecule has 3 N–H and O–H groups in total. The lowest BCUT2D eigenvalue weighted by Crippen LogP contribution is -2.29. The van der Waals surface area contributed by atoms with E-state index in [1.807, 2.05) is 13.1 Å². The standard InChI is InChI=1S/C16H28N4O/c1-11(2)16-19-14(17-3)8-15(20-16)18-9-12-6-4-5-7-13(12)10-21/h8,11-13,21H,4-7,9-10H2,1-3H3,(H2,17,18,19,20). The highest BCUT2D eigenvalue weighted by atomic mass is 16.3. The maximum Gasteiger partial charge on any atom is 0.135 e. The summed E-state index contributed by atoms with van der Waals surface area (Å²) in [7, 11) is 1.87. The van der Waals surface area contributed by atoms with Gasteiger partial charge >= 0.3 is 0 Å². The first-order chi connectivity index (χ1) is 10.1. The van der Waals surface area contributed by atoms with Crippen molar-refractivity contribution in [1.82, 2.24) is 9.97 Å². The van der Waals surface area contributed by atoms with Crippen molar-refractivity contribution < 1.29 is 5.11 Å². The first-order valence-corrected chi connectivity index (χ1v) is 8.05. The molecule has 1 heterocycles. The summed E-state index contributed by atoms with van der Waals surface area (Å²) < 4.78 is 0. The van der Waals surface area contributed by atoms with Crippen molar-refractivity contribution in [2.45, 2.75) is 45.4 Å². The monoisotopic (exact) mass is 292 g/mol. The lowest BCUT2D eigenvalue weighted by atomic mass is 9.79. The van der Waals surface area contributed by atoms with E-state index < -0.39 is 0 Å². The topological polar surface area (TPSA) is 70.1 Å². The number of rotatable bonds is 6. The van der Waals surface area contributed by atoms with Crippen LogP contribution in [0.1, 0.15) is 51.3 Å². The van der Waals surface area contributed by atoms with Crippen molar-refractivity contribution in [2.24, 2.45) is 11.8 Å². The van der Waals surface area contributed by atoms with Crippen LogP contribution in [0.5, 0.6) is 0 Å². The predicted octanol–water partition coefficient (Wildman–Crippen LogP) is 2.85. The summed E-state index contributed by atoms with van der Waals surface area (Å²) in [5.74, 6) is 3.85. The summed E-state index contributed by atoms with van der Waals surface area (Å²) in [6.07, 6.45) is 4.85. The van der Waals surface area contributed by atoms with E-state index in [2.05, 4.69) is 34.4 Å². The molecule has 1 aliphatic carbocycles. The Kier molecular flexibility index (Phi) is 5.79. The Morgan fingerprint density at radius 2 is 1.86 bits per heavy atom. The molecule has 0 amide bonds. The fourth-order valence-electron chi connectivity index (χ4n) is 2.97. The molecule has 0 aliphatic heterocycles. The number of aliphatic hydroxyl groups excluding tert-OH is 1. The smallest absolute Gasteiger partial charge is 0.135 e. The normalized spacial score (nSPS) is 22.3. The fraction of sp³-hybridized carbons (Fsp3) is 0.750. The zero-order chi connectivity index (χ0) is 15.2. The molecule has 1 aliphatic rings. The minimum absolute atomic E-state index is 0.301. The van der Waals surface area contributed by atoms with E-state index in [-0.39, 0.29) is 0 Å². The largest absolute Gasteiger partial charge is 0.396 e. The van der Waals surface area contributed by atoms with Crippen LogP contribution in [0, 0.1) is 11.8 Å². The Balaban J connectivity index is 2.03. The molecule has 1 saturated carbocycles. The number of nitrogens with zero attached hydrogens (tertiary/aromatic N) is 2. The third-order valence-electron chi connectivity index (χ3n) is 4.36. The van der Waals surface area contributed by atoms with Crippen LogP contribution in [0.4, 0.5) is 11.6 Å². The van der Waals surface area contributed by atoms with E-state index in [1.54, 1.807) is 0 Å². The van der Waals surface area contributed by atoms with Gasteiger partial charge in [-0.15, -0.1) is 0 Å². The van der Waals surface area contributed by atoms with E-state index in [1.165, 1.54) is 19.3 Å². The van der Waals surface area contributed by atoms with E-state index in [0.29, 0.717) is 24.4 Å². The van der Waals surface area contributed by atoms with Gasteiger partial charge in [0.15, 0.2) is 0 Å². The maximum atomic E-state index is 9.49. The molecule has 0 radical (unpaired) electrons. The second kappa shape index (κ2) is 7.59. The van der Waals surface area contributed by atoms with Crippen molar-refractivity contribution >= 4 is 11.6 Å². The van der Waals surface area contributed by atoms with Gasteiger partial charge in [0, 0.05) is 32.2 Å². The Labute approximate surface area is 127 Å². The Morgan fingerprint density at radius 3 is 2.48 bits per heavy atom. The fourth-order valence-corrected chi connectivity index (χ4v) is 2.97. The molecular formula is C16H28N4O. The highest BCUT2D eigenvalue weighted by Gasteiger charge is 2.24. The molecule has 2 unspecified atom stereocenters. The van der Waals surface area contributed by atoms with Gasteiger partial charge in [-0.25, -0.2) is 9.97 Å². The molecule has 0 spiro atoms. The van der Waals surface area contributed by atoms with Crippen LogP contribution in [0.2, 0.25) is 0 Å². The number of hydrogen-bond acceptors (Lipinski definition) is 5. The van der Waals surface area contributed by atoms with Crippen LogP contribution >= 0.6 is 0 Å². The van der Waals surface area contributed by atoms with Crippen LogP contribution in [-0.4, -0.2) is 35.3 Å². The Hall–Kier alpha value is -1.36. The summed E-state index contributed by atoms with van der Waals surface area (Å²) in [5.41, 5.74) is 0. The van der Waals surface area contributed by atoms with Crippen molar-refractivity contribution in [1.29, 1.82) is 0 Å². The highest BCUT2D eigenvalue weighted by molar-refractivity contribution is 5.47. The predicted molar refractivity (Wildman–Crippen MR) is 86.7 cm³/mol. The molecule has 1 aromatic heterocycles. The highest BCUT2D eigenvalue weighted by Crippen LogP contribution is 2.30. The second-order valence-corrected chi connectivity index (χ2v) is 6.27. The molecule has 2 atom stereocenters. The first kappa shape index (κ1) is 16.0. The van der Waals surface area contributed by atoms with Crippen LogP contribution in [0.15, 0.2) is 6.07 Å². The van der Waals surface area contributed by atoms with Gasteiger partial charge in [-0.05, 0) is 24.7 Å². The van der Waals surface area contributed by atoms with Crippen molar-refractivity contribution in [3.8, 4) is 0 Å². The van der Waals surface area contributed by atoms with Gasteiger partial charge in [0.2, 0.25) is 0 Å². The van der Waals surface area contributed by atoms with Gasteiger partial charge in [0.1, 0.15) is 17.5 Å². The molecule has 1 fully saturated rings. The summed E-state index contributed by atoms with van der Waals surface area (Å²) in [6.45, 7) is 5.38. The van der Waals surface area contributed by atoms with Crippen molar-refractivity contribution in [2.75, 3.05) is 30.8 Å². The number of hydrogen-bond donors (Lipinski definition) is 3. The molecule has 1 aromatic rings. The third-order valence-corrected chi connectivity index (χ3v) is 4.36. The lowest BCUT2D eigenvalue weighted by Gasteiger charge is -2.30. The van der Waals surface area contributed by atoms with Gasteiger partial charge < -0.3 is 15.7 Å². The van der Waals surface area contributed by atoms with Crippen LogP contribution < -0.4 is 10.6 Å². The SMILES string of the molecule is CNc1cc(NCC2CCCCC2CO)nc(C(C)C)n1. The molecule has 2 rings (SSSR count). The molecule has 5 heteroatoms. The van der Waals surface area contributed by atoms with E-state index >= 15 is 0 Å². The first-order valence-electron chi connectivity index (χ1n) is 8.05. The summed E-state index contributed by atoms with van der Waals surface area (Å²) in [6, 6.07) is 1.95. The van der Waals surface area contributed by atoms with Crippen molar-refractivity contribution in [3.63, 3.8) is 0 Å². The zero-order valence-corrected chi connectivity index (χ0v) is 13.4. The Bertz CT molecular complexity index is 450. The Morgan fingerprint density at radius 1 is 1.19 bits per heavy atom. The molecular weight excluding hydrogens is 264 g/mol. The molecule has 0 aromatic carbocycles. The van der Waals surface area contributed by atoms with Gasteiger partial charge in [-0.3, -0.25) is 0 Å². The van der Waals surface area contributed by atoms with Crippen LogP contribution in [0.3, 0.4) is 0 Å². The lowest BCUT2D eigenvalue weighted by molar-refractivity contribution is 0.141. The number of aliphatic hydroxyl groups is 1. The quantitative estimate of drug-likeness (QED) is 0.752. The summed E-state index contributed by atoms with van der Waals surface area (Å²) in [5, 5.41) is 16.0. The average Bonchev–Trinajstić information content (AvgIpc) is 2.52. The van der Waals surface area contributed by atoms with Gasteiger partial charge in [-0.1, -0.05) is 26.7 Å². The maximum absolute atomic E-state index is 9.49. The minimum atomic E-state index is 0.301. The molecule has 5 nitrogen and oxygen atoms in total. The van der Waals surface area contributed by atoms with E-state index in [4.69, 9.17) is 0 Å². The molecule has 21 heavy (non-hydrogen) atoms. The number of aromatic nitrogens is 2. The van der Waals surface area contributed by atoms with Gasteiger partial charge in [0.05, 0.1) is 0 Å². The van der Waals surface area contributed by atoms with Crippen LogP contribution in [-0.2, 0) is 0 Å². The second-order valence-electron chi connectivity index (χ2n) is 6.27. The zero-order valence-electron chi connectivity index (χ0n) is 13.4. The van der Waals surface area contributed by atoms with Crippen molar-refractivity contribution in [3.05, 3.63) is 11.9 Å². The minimum Gasteiger partial charge on any atom is -0.396 e. The van der Waals surface area contributed by atoms with Crippen LogP contribution in [0.25, 0.3) is 0 Å². The molecule has 0 saturated heterocycles. The number of nitrogens with one attached hydrogen (secondary N) is 2. The number of anilines is 2. The van der Waals surface area contributed by atoms with Gasteiger partial charge in [0.25, 0.3) is 0 Å².